The lowest BCUT2D eigenvalue weighted by Crippen LogP contribution is -2.54. The number of nitrogens with two attached hydrogens (primary N) is 1. The summed E-state index contributed by atoms with van der Waals surface area (Å²) >= 11 is 0. The number of anilines is 1. The third kappa shape index (κ3) is 3.13. The molecule has 0 radical (unpaired) electrons. The summed E-state index contributed by atoms with van der Waals surface area (Å²) in [5.41, 5.74) is -1.37. The van der Waals surface area contributed by atoms with Gasteiger partial charge in [-0.3, -0.25) is 0 Å². The Balaban J connectivity index is 2.55. The number of rotatable bonds is 2. The third-order valence-electron chi connectivity index (χ3n) is 4.36. The smallest absolute Gasteiger partial charge is 0.398 e. The molecule has 2 rings (SSSR count). The Morgan fingerprint density at radius 1 is 0.913 bits per heavy atom. The number of hydrogen-bond acceptors (Lipinski definition) is 2. The summed E-state index contributed by atoms with van der Waals surface area (Å²) in [5.74, 6) is -0.117. The normalized spacial score (nSPS) is 18.2. The van der Waals surface area contributed by atoms with Gasteiger partial charge in [0.05, 0.1) is 0 Å². The molecule has 0 heterocycles. The molecule has 0 aromatic heterocycles. The van der Waals surface area contributed by atoms with Crippen LogP contribution in [0.4, 0.5) is 32.0 Å². The highest BCUT2D eigenvalue weighted by atomic mass is 19.4. The van der Waals surface area contributed by atoms with Crippen molar-refractivity contribution in [2.24, 2.45) is 0 Å². The van der Waals surface area contributed by atoms with Gasteiger partial charge in [-0.25, -0.2) is 0 Å². The zero-order valence-corrected chi connectivity index (χ0v) is 12.1. The van der Waals surface area contributed by atoms with E-state index in [0.717, 1.165) is 31.4 Å². The maximum atomic E-state index is 13.0. The van der Waals surface area contributed by atoms with Crippen LogP contribution in [0.25, 0.3) is 0 Å². The Kier molecular flexibility index (Phi) is 4.58. The average Bonchev–Trinajstić information content (AvgIpc) is 2.45. The topological polar surface area (TPSA) is 46.2 Å². The standard InChI is InChI=1S/C15H17F6NO/c16-14(17,18)13(23,15(19,20)21)11-8-10(6-7-12(11)22)9-4-2-1-3-5-9/h6-9,23H,1-5,22H2. The second-order valence-electron chi connectivity index (χ2n) is 5.89. The molecule has 0 spiro atoms. The van der Waals surface area contributed by atoms with Crippen LogP contribution in [0.1, 0.15) is 49.1 Å². The maximum Gasteiger partial charge on any atom is 0.430 e. The fourth-order valence-corrected chi connectivity index (χ4v) is 3.04. The molecular weight excluding hydrogens is 324 g/mol. The van der Waals surface area contributed by atoms with Gasteiger partial charge >= 0.3 is 12.4 Å². The number of alkyl halides is 6. The first kappa shape index (κ1) is 17.9. The lowest BCUT2D eigenvalue weighted by molar-refractivity contribution is -0.376. The fraction of sp³-hybridized carbons (Fsp3) is 0.600. The highest BCUT2D eigenvalue weighted by Gasteiger charge is 2.72. The van der Waals surface area contributed by atoms with E-state index in [1.807, 2.05) is 0 Å². The quantitative estimate of drug-likeness (QED) is 0.609. The van der Waals surface area contributed by atoms with Gasteiger partial charge in [-0.1, -0.05) is 25.3 Å². The zero-order chi connectivity index (χ0) is 17.5. The van der Waals surface area contributed by atoms with Gasteiger partial charge in [0.1, 0.15) is 0 Å². The third-order valence-corrected chi connectivity index (χ3v) is 4.36. The van der Waals surface area contributed by atoms with E-state index < -0.39 is 29.2 Å². The molecule has 2 nitrogen and oxygen atoms in total. The largest absolute Gasteiger partial charge is 0.430 e. The van der Waals surface area contributed by atoms with Crippen molar-refractivity contribution in [3.63, 3.8) is 0 Å². The van der Waals surface area contributed by atoms with Crippen molar-refractivity contribution in [2.45, 2.75) is 56.0 Å². The lowest BCUT2D eigenvalue weighted by atomic mass is 9.81. The molecule has 130 valence electrons. The number of benzene rings is 1. The highest BCUT2D eigenvalue weighted by molar-refractivity contribution is 5.53. The van der Waals surface area contributed by atoms with E-state index in [4.69, 9.17) is 5.73 Å². The van der Waals surface area contributed by atoms with E-state index in [0.29, 0.717) is 18.4 Å². The van der Waals surface area contributed by atoms with Gasteiger partial charge in [0.15, 0.2) is 0 Å². The minimum absolute atomic E-state index is 0.117. The Morgan fingerprint density at radius 2 is 1.43 bits per heavy atom. The molecule has 8 heteroatoms. The molecule has 23 heavy (non-hydrogen) atoms. The molecule has 1 aromatic carbocycles. The summed E-state index contributed by atoms with van der Waals surface area (Å²) < 4.78 is 78.1. The van der Waals surface area contributed by atoms with E-state index in [9.17, 15) is 31.4 Å². The van der Waals surface area contributed by atoms with Crippen molar-refractivity contribution in [1.82, 2.24) is 0 Å². The maximum absolute atomic E-state index is 13.0. The monoisotopic (exact) mass is 341 g/mol. The molecule has 1 aliphatic carbocycles. The Labute approximate surface area is 129 Å². The van der Waals surface area contributed by atoms with Crippen LogP contribution in [0.3, 0.4) is 0 Å². The number of nitrogen functional groups attached to an aromatic ring is 1. The molecule has 1 saturated carbocycles. The number of halogens is 6. The summed E-state index contributed by atoms with van der Waals surface area (Å²) in [5, 5.41) is 9.53. The zero-order valence-electron chi connectivity index (χ0n) is 12.1. The van der Waals surface area contributed by atoms with Crippen molar-refractivity contribution >= 4 is 5.69 Å². The molecule has 0 saturated heterocycles. The first-order valence-corrected chi connectivity index (χ1v) is 7.24. The van der Waals surface area contributed by atoms with Crippen LogP contribution < -0.4 is 5.73 Å². The molecular formula is C15H17F6NO. The number of aliphatic hydroxyl groups is 1. The Bertz CT molecular complexity index is 546. The van der Waals surface area contributed by atoms with Gasteiger partial charge in [0, 0.05) is 11.3 Å². The van der Waals surface area contributed by atoms with Crippen molar-refractivity contribution < 1.29 is 31.4 Å². The predicted molar refractivity (Wildman–Crippen MR) is 72.7 cm³/mol. The summed E-state index contributed by atoms with van der Waals surface area (Å²) in [6, 6.07) is 3.19. The lowest BCUT2D eigenvalue weighted by Gasteiger charge is -2.34. The van der Waals surface area contributed by atoms with Crippen LogP contribution in [0, 0.1) is 0 Å². The van der Waals surface area contributed by atoms with Crippen LogP contribution in [-0.2, 0) is 5.60 Å². The molecule has 1 aromatic rings. The van der Waals surface area contributed by atoms with Gasteiger partial charge in [-0.2, -0.15) is 26.3 Å². The summed E-state index contributed by atoms with van der Waals surface area (Å²) in [6.07, 6.45) is -7.73. The average molecular weight is 341 g/mol. The van der Waals surface area contributed by atoms with Crippen LogP contribution in [0.15, 0.2) is 18.2 Å². The van der Waals surface area contributed by atoms with Crippen LogP contribution in [0.2, 0.25) is 0 Å². The fourth-order valence-electron chi connectivity index (χ4n) is 3.04. The minimum atomic E-state index is -5.93. The highest BCUT2D eigenvalue weighted by Crippen LogP contribution is 2.52. The summed E-state index contributed by atoms with van der Waals surface area (Å²) in [7, 11) is 0. The molecule has 0 amide bonds. The van der Waals surface area contributed by atoms with Gasteiger partial charge in [-0.15, -0.1) is 0 Å². The van der Waals surface area contributed by atoms with Crippen LogP contribution in [0.5, 0.6) is 0 Å². The van der Waals surface area contributed by atoms with Gasteiger partial charge in [-0.05, 0) is 36.5 Å². The SMILES string of the molecule is Nc1ccc(C2CCCCC2)cc1C(O)(C(F)(F)F)C(F)(F)F. The second-order valence-corrected chi connectivity index (χ2v) is 5.89. The first-order valence-electron chi connectivity index (χ1n) is 7.24. The minimum Gasteiger partial charge on any atom is -0.398 e. The molecule has 3 N–H and O–H groups in total. The summed E-state index contributed by atoms with van der Waals surface area (Å²) in [6.45, 7) is 0. The molecule has 0 aliphatic heterocycles. The van der Waals surface area contributed by atoms with E-state index >= 15 is 0 Å². The molecule has 1 aliphatic rings. The Morgan fingerprint density at radius 3 is 1.91 bits per heavy atom. The van der Waals surface area contributed by atoms with Crippen molar-refractivity contribution in [3.05, 3.63) is 29.3 Å². The van der Waals surface area contributed by atoms with Crippen LogP contribution >= 0.6 is 0 Å². The van der Waals surface area contributed by atoms with Crippen molar-refractivity contribution in [1.29, 1.82) is 0 Å². The first-order chi connectivity index (χ1) is 10.5. The van der Waals surface area contributed by atoms with Gasteiger partial charge in [0.2, 0.25) is 0 Å². The van der Waals surface area contributed by atoms with Gasteiger partial charge < -0.3 is 10.8 Å². The Hall–Kier alpha value is -1.44. The van der Waals surface area contributed by atoms with Crippen LogP contribution in [-0.4, -0.2) is 17.5 Å². The van der Waals surface area contributed by atoms with E-state index in [1.165, 1.54) is 6.07 Å². The predicted octanol–water partition coefficient (Wildman–Crippen LogP) is 4.63. The van der Waals surface area contributed by atoms with E-state index in [2.05, 4.69) is 0 Å². The van der Waals surface area contributed by atoms with Crippen molar-refractivity contribution in [3.8, 4) is 0 Å². The number of hydrogen-bond donors (Lipinski definition) is 2. The summed E-state index contributed by atoms with van der Waals surface area (Å²) in [4.78, 5) is 0. The molecule has 1 fully saturated rings. The molecule has 0 unspecified atom stereocenters. The second kappa shape index (κ2) is 5.89. The van der Waals surface area contributed by atoms with E-state index in [1.54, 1.807) is 0 Å². The molecule has 0 atom stereocenters. The van der Waals surface area contributed by atoms with E-state index in [-0.39, 0.29) is 5.92 Å². The van der Waals surface area contributed by atoms with Gasteiger partial charge in [0.25, 0.3) is 5.60 Å². The molecule has 0 bridgehead atoms. The van der Waals surface area contributed by atoms with Crippen molar-refractivity contribution in [2.75, 3.05) is 5.73 Å².